The minimum Gasteiger partial charge on any atom is -0.508 e. The molecule has 0 fully saturated rings. The van der Waals surface area contributed by atoms with Gasteiger partial charge in [-0.05, 0) is 12.1 Å². The lowest BCUT2D eigenvalue weighted by molar-refractivity contribution is -0.139. The smallest absolute Gasteiger partial charge is 0.310 e. The van der Waals surface area contributed by atoms with Crippen molar-refractivity contribution in [1.29, 1.82) is 5.26 Å². The maximum absolute atomic E-state index is 10.9. The van der Waals surface area contributed by atoms with Crippen molar-refractivity contribution in [3.05, 3.63) is 29.3 Å². The number of benzene rings is 1. The van der Waals surface area contributed by atoms with Crippen LogP contribution >= 0.6 is 0 Å². The second kappa shape index (κ2) is 4.28. The highest BCUT2D eigenvalue weighted by molar-refractivity contribution is 5.73. The molecule has 0 saturated heterocycles. The van der Waals surface area contributed by atoms with Gasteiger partial charge in [0.15, 0.2) is 0 Å². The van der Waals surface area contributed by atoms with Crippen LogP contribution in [0.1, 0.15) is 11.1 Å². The summed E-state index contributed by atoms with van der Waals surface area (Å²) < 4.78 is 4.45. The van der Waals surface area contributed by atoms with Crippen molar-refractivity contribution < 1.29 is 14.6 Å². The number of rotatable bonds is 2. The van der Waals surface area contributed by atoms with Crippen LogP contribution in [0.15, 0.2) is 18.2 Å². The highest BCUT2D eigenvalue weighted by Crippen LogP contribution is 2.19. The third kappa shape index (κ3) is 2.23. The number of nitrogens with zero attached hydrogens (tertiary/aromatic N) is 1. The van der Waals surface area contributed by atoms with Gasteiger partial charge in [-0.2, -0.15) is 5.26 Å². The molecule has 4 nitrogen and oxygen atoms in total. The molecule has 1 N–H and O–H groups in total. The number of methoxy groups -OCH3 is 1. The molecule has 0 aromatic heterocycles. The fourth-order valence-electron chi connectivity index (χ4n) is 1.01. The minimum atomic E-state index is -0.426. The number of carbonyl (C=O) groups excluding carboxylic acids is 1. The van der Waals surface area contributed by atoms with Gasteiger partial charge in [0, 0.05) is 5.56 Å². The van der Waals surface area contributed by atoms with E-state index in [-0.39, 0.29) is 12.2 Å². The molecule has 0 amide bonds. The maximum Gasteiger partial charge on any atom is 0.310 e. The lowest BCUT2D eigenvalue weighted by Crippen LogP contribution is -2.04. The second-order valence-corrected chi connectivity index (χ2v) is 2.71. The normalized spacial score (nSPS) is 9.14. The highest BCUT2D eigenvalue weighted by atomic mass is 16.5. The molecule has 0 saturated carbocycles. The number of carbonyl (C=O) groups is 1. The number of phenols is 1. The van der Waals surface area contributed by atoms with E-state index in [4.69, 9.17) is 5.26 Å². The molecule has 72 valence electrons. The zero-order valence-electron chi connectivity index (χ0n) is 7.65. The molecule has 0 heterocycles. The number of aromatic hydroxyl groups is 1. The molecule has 0 aliphatic heterocycles. The van der Waals surface area contributed by atoms with Crippen molar-refractivity contribution in [2.45, 2.75) is 6.42 Å². The van der Waals surface area contributed by atoms with Crippen LogP contribution < -0.4 is 0 Å². The Morgan fingerprint density at radius 1 is 1.64 bits per heavy atom. The fraction of sp³-hybridized carbons (Fsp3) is 0.200. The SMILES string of the molecule is COC(=O)Cc1ccc(C#N)cc1O. The van der Waals surface area contributed by atoms with Gasteiger partial charge in [-0.25, -0.2) is 0 Å². The molecular weight excluding hydrogens is 182 g/mol. The summed E-state index contributed by atoms with van der Waals surface area (Å²) in [6.07, 6.45) is 0.00798. The van der Waals surface area contributed by atoms with Gasteiger partial charge >= 0.3 is 5.97 Å². The van der Waals surface area contributed by atoms with Crippen molar-refractivity contribution in [1.82, 2.24) is 0 Å². The molecular formula is C10H9NO3. The van der Waals surface area contributed by atoms with E-state index in [1.807, 2.05) is 6.07 Å². The van der Waals surface area contributed by atoms with E-state index in [0.717, 1.165) is 0 Å². The molecule has 4 heteroatoms. The van der Waals surface area contributed by atoms with Crippen LogP contribution in [-0.4, -0.2) is 18.2 Å². The van der Waals surface area contributed by atoms with E-state index < -0.39 is 5.97 Å². The predicted octanol–water partition coefficient (Wildman–Crippen LogP) is 0.979. The van der Waals surface area contributed by atoms with E-state index in [2.05, 4.69) is 4.74 Å². The molecule has 1 aromatic carbocycles. The third-order valence-corrected chi connectivity index (χ3v) is 1.78. The van der Waals surface area contributed by atoms with Crippen LogP contribution in [0, 0.1) is 11.3 Å². The number of ether oxygens (including phenoxy) is 1. The Morgan fingerprint density at radius 2 is 2.36 bits per heavy atom. The van der Waals surface area contributed by atoms with Gasteiger partial charge in [0.2, 0.25) is 0 Å². The lowest BCUT2D eigenvalue weighted by atomic mass is 10.1. The van der Waals surface area contributed by atoms with E-state index in [1.54, 1.807) is 0 Å². The Labute approximate surface area is 81.4 Å². The summed E-state index contributed by atoms with van der Waals surface area (Å²) >= 11 is 0. The molecule has 0 aliphatic rings. The van der Waals surface area contributed by atoms with Crippen molar-refractivity contribution >= 4 is 5.97 Å². The van der Waals surface area contributed by atoms with Gasteiger partial charge in [0.25, 0.3) is 0 Å². The van der Waals surface area contributed by atoms with Crippen molar-refractivity contribution in [3.63, 3.8) is 0 Å². The number of nitriles is 1. The number of esters is 1. The molecule has 0 atom stereocenters. The summed E-state index contributed by atoms with van der Waals surface area (Å²) in [4.78, 5) is 10.9. The van der Waals surface area contributed by atoms with E-state index in [0.29, 0.717) is 11.1 Å². The zero-order chi connectivity index (χ0) is 10.6. The zero-order valence-corrected chi connectivity index (χ0v) is 7.65. The van der Waals surface area contributed by atoms with Crippen LogP contribution in [0.25, 0.3) is 0 Å². The monoisotopic (exact) mass is 191 g/mol. The molecule has 0 bridgehead atoms. The van der Waals surface area contributed by atoms with Gasteiger partial charge in [-0.1, -0.05) is 6.07 Å². The van der Waals surface area contributed by atoms with Gasteiger partial charge in [-0.3, -0.25) is 4.79 Å². The van der Waals surface area contributed by atoms with E-state index in [1.165, 1.54) is 25.3 Å². The van der Waals surface area contributed by atoms with Crippen LogP contribution in [0.2, 0.25) is 0 Å². The maximum atomic E-state index is 10.9. The molecule has 0 radical (unpaired) electrons. The van der Waals surface area contributed by atoms with E-state index >= 15 is 0 Å². The van der Waals surface area contributed by atoms with Gasteiger partial charge in [0.1, 0.15) is 5.75 Å². The molecule has 0 aliphatic carbocycles. The standard InChI is InChI=1S/C10H9NO3/c1-14-10(13)5-8-3-2-7(6-11)4-9(8)12/h2-4,12H,5H2,1H3. The van der Waals surface area contributed by atoms with Gasteiger partial charge in [0.05, 0.1) is 25.2 Å². The van der Waals surface area contributed by atoms with Gasteiger partial charge < -0.3 is 9.84 Å². The fourth-order valence-corrected chi connectivity index (χ4v) is 1.01. The topological polar surface area (TPSA) is 70.3 Å². The second-order valence-electron chi connectivity index (χ2n) is 2.71. The number of hydrogen-bond donors (Lipinski definition) is 1. The summed E-state index contributed by atoms with van der Waals surface area (Å²) in [5, 5.41) is 17.9. The Hall–Kier alpha value is -2.02. The first-order chi connectivity index (χ1) is 6.67. The van der Waals surface area contributed by atoms with Crippen molar-refractivity contribution in [2.75, 3.05) is 7.11 Å². The van der Waals surface area contributed by atoms with Crippen LogP contribution in [0.4, 0.5) is 0 Å². The summed E-state index contributed by atoms with van der Waals surface area (Å²) in [5.74, 6) is -0.487. The largest absolute Gasteiger partial charge is 0.508 e. The number of phenolic OH excluding ortho intramolecular Hbond substituents is 1. The Balaban J connectivity index is 2.90. The lowest BCUT2D eigenvalue weighted by Gasteiger charge is -2.02. The molecule has 1 aromatic rings. The summed E-state index contributed by atoms with van der Waals surface area (Å²) in [6, 6.07) is 6.28. The predicted molar refractivity (Wildman–Crippen MR) is 48.5 cm³/mol. The van der Waals surface area contributed by atoms with Crippen molar-refractivity contribution in [2.24, 2.45) is 0 Å². The molecule has 0 unspecified atom stereocenters. The molecule has 14 heavy (non-hydrogen) atoms. The first kappa shape index (κ1) is 10.1. The summed E-state index contributed by atoms with van der Waals surface area (Å²) in [6.45, 7) is 0. The van der Waals surface area contributed by atoms with Crippen LogP contribution in [0.5, 0.6) is 5.75 Å². The summed E-state index contributed by atoms with van der Waals surface area (Å²) in [7, 11) is 1.28. The third-order valence-electron chi connectivity index (χ3n) is 1.78. The van der Waals surface area contributed by atoms with Crippen molar-refractivity contribution in [3.8, 4) is 11.8 Å². The Morgan fingerprint density at radius 3 is 2.86 bits per heavy atom. The quantitative estimate of drug-likeness (QED) is 0.707. The first-order valence-electron chi connectivity index (χ1n) is 3.96. The Bertz CT molecular complexity index is 393. The van der Waals surface area contributed by atoms with E-state index in [9.17, 15) is 9.90 Å². The van der Waals surface area contributed by atoms with Gasteiger partial charge in [-0.15, -0.1) is 0 Å². The highest BCUT2D eigenvalue weighted by Gasteiger charge is 2.07. The minimum absolute atomic E-state index is 0.00798. The number of hydrogen-bond acceptors (Lipinski definition) is 4. The average molecular weight is 191 g/mol. The Kier molecular flexibility index (Phi) is 3.08. The average Bonchev–Trinajstić information content (AvgIpc) is 2.20. The molecule has 0 spiro atoms. The summed E-state index contributed by atoms with van der Waals surface area (Å²) in [5.41, 5.74) is 0.812. The van der Waals surface area contributed by atoms with Crippen LogP contribution in [-0.2, 0) is 16.0 Å². The first-order valence-corrected chi connectivity index (χ1v) is 3.96. The van der Waals surface area contributed by atoms with Crippen LogP contribution in [0.3, 0.4) is 0 Å². The molecule has 1 rings (SSSR count).